The van der Waals surface area contributed by atoms with E-state index in [0.29, 0.717) is 22.7 Å². The second kappa shape index (κ2) is 9.16. The Labute approximate surface area is 171 Å². The number of aromatic amines is 1. The summed E-state index contributed by atoms with van der Waals surface area (Å²) in [6.45, 7) is 6.50. The molecule has 0 spiro atoms. The van der Waals surface area contributed by atoms with Crippen LogP contribution in [0.2, 0.25) is 0 Å². The van der Waals surface area contributed by atoms with E-state index in [9.17, 15) is 4.79 Å². The molecule has 27 heavy (non-hydrogen) atoms. The van der Waals surface area contributed by atoms with Crippen LogP contribution in [-0.2, 0) is 9.53 Å². The van der Waals surface area contributed by atoms with Crippen LogP contribution in [0.25, 0.3) is 22.2 Å². The van der Waals surface area contributed by atoms with Crippen LogP contribution >= 0.6 is 35.3 Å². The van der Waals surface area contributed by atoms with E-state index >= 15 is 0 Å². The monoisotopic (exact) mass is 417 g/mol. The number of benzene rings is 1. The molecule has 5 nitrogen and oxygen atoms in total. The van der Waals surface area contributed by atoms with Gasteiger partial charge in [-0.05, 0) is 25.2 Å². The van der Waals surface area contributed by atoms with E-state index in [2.05, 4.69) is 22.6 Å². The fourth-order valence-electron chi connectivity index (χ4n) is 2.57. The zero-order valence-corrected chi connectivity index (χ0v) is 17.3. The van der Waals surface area contributed by atoms with Crippen LogP contribution in [0.3, 0.4) is 0 Å². The fourth-order valence-corrected chi connectivity index (χ4v) is 4.31. The number of amides is 1. The van der Waals surface area contributed by atoms with Crippen molar-refractivity contribution in [2.24, 2.45) is 0 Å². The minimum Gasteiger partial charge on any atom is -0.479 e. The summed E-state index contributed by atoms with van der Waals surface area (Å²) in [5.41, 5.74) is 2.92. The summed E-state index contributed by atoms with van der Waals surface area (Å²) < 4.78 is 5.60. The summed E-state index contributed by atoms with van der Waals surface area (Å²) in [6.07, 6.45) is 3.63. The molecule has 0 aliphatic carbocycles. The van der Waals surface area contributed by atoms with Gasteiger partial charge in [0, 0.05) is 34.6 Å². The number of H-pyrrole nitrogens is 1. The number of hydrogen-bond donors (Lipinski definition) is 1. The minimum atomic E-state index is -0.0817. The van der Waals surface area contributed by atoms with E-state index in [1.54, 1.807) is 11.0 Å². The molecule has 0 fully saturated rings. The Morgan fingerprint density at radius 3 is 3.07 bits per heavy atom. The Bertz CT molecular complexity index is 964. The van der Waals surface area contributed by atoms with Crippen molar-refractivity contribution in [2.45, 2.75) is 6.92 Å². The zero-order valence-electron chi connectivity index (χ0n) is 14.8. The second-order valence-corrected chi connectivity index (χ2v) is 7.94. The highest BCUT2D eigenvalue weighted by atomic mass is 32.2. The Hall–Kier alpha value is -2.16. The molecule has 2 heterocycles. The number of carbonyl (C=O) groups is 1. The molecule has 1 aromatic carbocycles. The standard InChI is InChI=1S/C19H19N3O2S3/c1-3-9-22(17(23)12-27-19(25)24-4-2)18-21-16(11-26-18)14-10-20-15-8-6-5-7-13(14)15/h3,5-8,10-11,20H,1,4,9,12H2,2H3. The van der Waals surface area contributed by atoms with Gasteiger partial charge in [-0.2, -0.15) is 0 Å². The van der Waals surface area contributed by atoms with Gasteiger partial charge >= 0.3 is 0 Å². The first-order valence-corrected chi connectivity index (χ1v) is 10.6. The maximum atomic E-state index is 12.7. The van der Waals surface area contributed by atoms with E-state index in [1.807, 2.05) is 36.7 Å². The topological polar surface area (TPSA) is 58.2 Å². The molecule has 0 saturated heterocycles. The maximum absolute atomic E-state index is 12.7. The van der Waals surface area contributed by atoms with Crippen LogP contribution in [0.4, 0.5) is 5.13 Å². The van der Waals surface area contributed by atoms with Crippen molar-refractivity contribution in [3.63, 3.8) is 0 Å². The van der Waals surface area contributed by atoms with E-state index in [0.717, 1.165) is 22.2 Å². The molecule has 8 heteroatoms. The first-order valence-electron chi connectivity index (χ1n) is 8.36. The molecular formula is C19H19N3O2S3. The lowest BCUT2D eigenvalue weighted by atomic mass is 10.1. The van der Waals surface area contributed by atoms with Crippen molar-refractivity contribution < 1.29 is 9.53 Å². The molecule has 1 amide bonds. The maximum Gasteiger partial charge on any atom is 0.239 e. The summed E-state index contributed by atoms with van der Waals surface area (Å²) in [4.78, 5) is 22.2. The average Bonchev–Trinajstić information content (AvgIpc) is 3.31. The number of thiazole rings is 1. The smallest absolute Gasteiger partial charge is 0.239 e. The number of carbonyl (C=O) groups excluding carboxylic acids is 1. The van der Waals surface area contributed by atoms with E-state index in [1.165, 1.54) is 23.1 Å². The molecule has 2 aromatic heterocycles. The fraction of sp³-hybridized carbons (Fsp3) is 0.211. The minimum absolute atomic E-state index is 0.0817. The van der Waals surface area contributed by atoms with Crippen molar-refractivity contribution in [3.8, 4) is 11.3 Å². The third kappa shape index (κ3) is 4.58. The first-order chi connectivity index (χ1) is 13.1. The molecular weight excluding hydrogens is 398 g/mol. The molecule has 0 aliphatic rings. The van der Waals surface area contributed by atoms with Gasteiger partial charge in [0.25, 0.3) is 0 Å². The number of fused-ring (bicyclic) bond motifs is 1. The number of thioether (sulfide) groups is 1. The predicted octanol–water partition coefficient (Wildman–Crippen LogP) is 4.87. The van der Waals surface area contributed by atoms with Gasteiger partial charge in [-0.3, -0.25) is 9.69 Å². The molecule has 0 aliphatic heterocycles. The number of anilines is 1. The zero-order chi connectivity index (χ0) is 19.2. The lowest BCUT2D eigenvalue weighted by molar-refractivity contribution is -0.116. The molecule has 0 radical (unpaired) electrons. The number of rotatable bonds is 7. The van der Waals surface area contributed by atoms with Crippen molar-refractivity contribution >= 4 is 61.6 Å². The van der Waals surface area contributed by atoms with Crippen molar-refractivity contribution in [1.29, 1.82) is 0 Å². The molecule has 1 N–H and O–H groups in total. The molecule has 3 aromatic rings. The number of hydrogen-bond acceptors (Lipinski definition) is 6. The van der Waals surface area contributed by atoms with Crippen LogP contribution in [0, 0.1) is 0 Å². The Morgan fingerprint density at radius 2 is 2.30 bits per heavy atom. The van der Waals surface area contributed by atoms with Gasteiger partial charge in [0.2, 0.25) is 10.3 Å². The number of nitrogens with zero attached hydrogens (tertiary/aromatic N) is 2. The highest BCUT2D eigenvalue weighted by molar-refractivity contribution is 8.23. The van der Waals surface area contributed by atoms with E-state index < -0.39 is 0 Å². The third-order valence-corrected chi connectivity index (χ3v) is 5.86. The van der Waals surface area contributed by atoms with Crippen molar-refractivity contribution in [1.82, 2.24) is 9.97 Å². The number of thiocarbonyl (C=S) groups is 1. The van der Waals surface area contributed by atoms with E-state index in [-0.39, 0.29) is 11.7 Å². The van der Waals surface area contributed by atoms with Gasteiger partial charge in [-0.1, -0.05) is 36.0 Å². The average molecular weight is 418 g/mol. The largest absolute Gasteiger partial charge is 0.479 e. The number of aromatic nitrogens is 2. The van der Waals surface area contributed by atoms with Gasteiger partial charge in [0.1, 0.15) is 0 Å². The van der Waals surface area contributed by atoms with Gasteiger partial charge in [0.05, 0.1) is 18.1 Å². The van der Waals surface area contributed by atoms with Gasteiger partial charge < -0.3 is 9.72 Å². The first kappa shape index (κ1) is 19.6. The molecule has 0 unspecified atom stereocenters. The number of para-hydroxylation sites is 1. The summed E-state index contributed by atoms with van der Waals surface area (Å²) >= 11 is 7.73. The molecule has 0 atom stereocenters. The van der Waals surface area contributed by atoms with E-state index in [4.69, 9.17) is 17.0 Å². The van der Waals surface area contributed by atoms with Gasteiger partial charge in [-0.15, -0.1) is 17.9 Å². The third-order valence-electron chi connectivity index (χ3n) is 3.78. The summed E-state index contributed by atoms with van der Waals surface area (Å²) in [5, 5.41) is 3.71. The molecule has 0 bridgehead atoms. The van der Waals surface area contributed by atoms with Crippen LogP contribution in [0.15, 0.2) is 48.5 Å². The van der Waals surface area contributed by atoms with Gasteiger partial charge in [0.15, 0.2) is 5.13 Å². The summed E-state index contributed by atoms with van der Waals surface area (Å²) in [6, 6.07) is 8.07. The summed E-state index contributed by atoms with van der Waals surface area (Å²) in [7, 11) is 0. The van der Waals surface area contributed by atoms with Crippen LogP contribution in [0.5, 0.6) is 0 Å². The quantitative estimate of drug-likeness (QED) is 0.439. The van der Waals surface area contributed by atoms with Crippen LogP contribution in [-0.4, -0.2) is 39.2 Å². The molecule has 3 rings (SSSR count). The molecule has 0 saturated carbocycles. The number of ether oxygens (including phenoxy) is 1. The van der Waals surface area contributed by atoms with Crippen molar-refractivity contribution in [3.05, 3.63) is 48.5 Å². The molecule has 140 valence electrons. The predicted molar refractivity (Wildman–Crippen MR) is 119 cm³/mol. The van der Waals surface area contributed by atoms with Crippen LogP contribution < -0.4 is 4.90 Å². The van der Waals surface area contributed by atoms with Gasteiger partial charge in [-0.25, -0.2) is 4.98 Å². The Kier molecular flexibility index (Phi) is 6.65. The summed E-state index contributed by atoms with van der Waals surface area (Å²) in [5.74, 6) is 0.121. The van der Waals surface area contributed by atoms with Crippen molar-refractivity contribution in [2.75, 3.05) is 23.8 Å². The Balaban J connectivity index is 1.80. The highest BCUT2D eigenvalue weighted by Gasteiger charge is 2.20. The second-order valence-electron chi connectivity index (χ2n) is 5.53. The normalized spacial score (nSPS) is 10.7. The highest BCUT2D eigenvalue weighted by Crippen LogP contribution is 2.32. The van der Waals surface area contributed by atoms with Crippen LogP contribution in [0.1, 0.15) is 6.92 Å². The lowest BCUT2D eigenvalue weighted by Gasteiger charge is -2.17. The lowest BCUT2D eigenvalue weighted by Crippen LogP contribution is -2.32. The number of nitrogens with one attached hydrogen (secondary N) is 1. The Morgan fingerprint density at radius 1 is 1.48 bits per heavy atom. The SMILES string of the molecule is C=CCN(C(=O)CSC(=S)OCC)c1nc(-c2c[nH]c3ccccc23)cs1.